The lowest BCUT2D eigenvalue weighted by molar-refractivity contribution is -0.0144. The molecule has 0 spiro atoms. The number of fused-ring (bicyclic) bond motifs is 1. The van der Waals surface area contributed by atoms with Gasteiger partial charge in [-0.05, 0) is 49.1 Å². The maximum Gasteiger partial charge on any atom is 0.0905 e. The second-order valence-electron chi connectivity index (χ2n) is 5.45. The minimum absolute atomic E-state index is 0.571. The van der Waals surface area contributed by atoms with E-state index in [4.69, 9.17) is 4.74 Å². The Kier molecular flexibility index (Phi) is 2.93. The Morgan fingerprint density at radius 2 is 2.00 bits per heavy atom. The van der Waals surface area contributed by atoms with Crippen LogP contribution in [0.15, 0.2) is 24.3 Å². The summed E-state index contributed by atoms with van der Waals surface area (Å²) >= 11 is 0. The van der Waals surface area contributed by atoms with E-state index < -0.39 is 5.60 Å². The highest BCUT2D eigenvalue weighted by Gasteiger charge is 2.38. The average molecular weight is 232 g/mol. The summed E-state index contributed by atoms with van der Waals surface area (Å²) < 4.78 is 5.38. The molecule has 0 radical (unpaired) electrons. The molecule has 0 amide bonds. The van der Waals surface area contributed by atoms with Crippen LogP contribution >= 0.6 is 0 Å². The molecule has 1 aliphatic carbocycles. The minimum Gasteiger partial charge on any atom is -0.385 e. The van der Waals surface area contributed by atoms with E-state index in [1.807, 2.05) is 6.07 Å². The minimum atomic E-state index is -0.571. The summed E-state index contributed by atoms with van der Waals surface area (Å²) in [5.41, 5.74) is 1.94. The van der Waals surface area contributed by atoms with Gasteiger partial charge in [-0.1, -0.05) is 24.3 Å². The molecule has 0 bridgehead atoms. The molecular weight excluding hydrogens is 212 g/mol. The van der Waals surface area contributed by atoms with Crippen LogP contribution in [0.25, 0.3) is 0 Å². The second kappa shape index (κ2) is 4.43. The zero-order valence-corrected chi connectivity index (χ0v) is 10.2. The molecule has 1 fully saturated rings. The maximum absolute atomic E-state index is 10.9. The first kappa shape index (κ1) is 11.2. The summed E-state index contributed by atoms with van der Waals surface area (Å²) in [4.78, 5) is 0. The predicted octanol–water partition coefficient (Wildman–Crippen LogP) is 2.64. The van der Waals surface area contributed by atoms with Gasteiger partial charge in [0.1, 0.15) is 0 Å². The lowest BCUT2D eigenvalue weighted by Gasteiger charge is -2.31. The second-order valence-corrected chi connectivity index (χ2v) is 5.45. The van der Waals surface area contributed by atoms with Gasteiger partial charge in [-0.2, -0.15) is 0 Å². The van der Waals surface area contributed by atoms with Gasteiger partial charge in [-0.3, -0.25) is 0 Å². The largest absolute Gasteiger partial charge is 0.385 e. The molecule has 1 atom stereocenters. The topological polar surface area (TPSA) is 29.5 Å². The molecule has 1 N–H and O–H groups in total. The van der Waals surface area contributed by atoms with E-state index in [0.29, 0.717) is 5.92 Å². The highest BCUT2D eigenvalue weighted by atomic mass is 16.5. The van der Waals surface area contributed by atoms with Gasteiger partial charge in [0.05, 0.1) is 5.60 Å². The van der Waals surface area contributed by atoms with Gasteiger partial charge in [0, 0.05) is 13.2 Å². The normalized spacial score (nSPS) is 29.2. The first-order chi connectivity index (χ1) is 8.28. The van der Waals surface area contributed by atoms with Crippen LogP contribution in [0.1, 0.15) is 36.8 Å². The lowest BCUT2D eigenvalue weighted by Crippen LogP contribution is -2.29. The Hall–Kier alpha value is -0.860. The first-order valence-corrected chi connectivity index (χ1v) is 6.66. The summed E-state index contributed by atoms with van der Waals surface area (Å²) in [6.07, 6.45) is 5.03. The Morgan fingerprint density at radius 1 is 1.24 bits per heavy atom. The van der Waals surface area contributed by atoms with Crippen LogP contribution in [0.2, 0.25) is 0 Å². The molecule has 2 heteroatoms. The fraction of sp³-hybridized carbons (Fsp3) is 0.600. The van der Waals surface area contributed by atoms with Crippen molar-refractivity contribution in [1.82, 2.24) is 0 Å². The van der Waals surface area contributed by atoms with Crippen molar-refractivity contribution >= 4 is 0 Å². The smallest absolute Gasteiger partial charge is 0.0905 e. The number of aryl methyl sites for hydroxylation is 1. The number of ether oxygens (including phenoxy) is 1. The summed E-state index contributed by atoms with van der Waals surface area (Å²) in [6, 6.07) is 8.36. The summed E-state index contributed by atoms with van der Waals surface area (Å²) in [5.74, 6) is 0.625. The molecule has 1 aromatic rings. The standard InChI is InChI=1S/C15H20O2/c16-15(11-12-6-9-17-10-7-12)8-5-13-3-1-2-4-14(13)15/h1-4,12,16H,5-11H2. The maximum atomic E-state index is 10.9. The van der Waals surface area contributed by atoms with E-state index in [-0.39, 0.29) is 0 Å². The third-order valence-electron chi connectivity index (χ3n) is 4.29. The van der Waals surface area contributed by atoms with Crippen molar-refractivity contribution in [3.8, 4) is 0 Å². The molecule has 1 aromatic carbocycles. The van der Waals surface area contributed by atoms with Crippen molar-refractivity contribution in [2.24, 2.45) is 5.92 Å². The van der Waals surface area contributed by atoms with Gasteiger partial charge in [-0.15, -0.1) is 0 Å². The van der Waals surface area contributed by atoms with Gasteiger partial charge >= 0.3 is 0 Å². The first-order valence-electron chi connectivity index (χ1n) is 6.66. The number of hydrogen-bond acceptors (Lipinski definition) is 2. The number of rotatable bonds is 2. The highest BCUT2D eigenvalue weighted by molar-refractivity contribution is 5.37. The van der Waals surface area contributed by atoms with E-state index in [2.05, 4.69) is 18.2 Å². The molecule has 3 rings (SSSR count). The van der Waals surface area contributed by atoms with E-state index in [1.54, 1.807) is 0 Å². The Bertz CT molecular complexity index is 396. The quantitative estimate of drug-likeness (QED) is 0.849. The molecule has 0 aromatic heterocycles. The van der Waals surface area contributed by atoms with E-state index in [9.17, 15) is 5.11 Å². The highest BCUT2D eigenvalue weighted by Crippen LogP contribution is 2.42. The van der Waals surface area contributed by atoms with E-state index in [1.165, 1.54) is 11.1 Å². The van der Waals surface area contributed by atoms with Crippen LogP contribution < -0.4 is 0 Å². The van der Waals surface area contributed by atoms with Crippen molar-refractivity contribution in [3.05, 3.63) is 35.4 Å². The molecular formula is C15H20O2. The van der Waals surface area contributed by atoms with Crippen molar-refractivity contribution in [1.29, 1.82) is 0 Å². The molecule has 1 aliphatic heterocycles. The molecule has 92 valence electrons. The fourth-order valence-electron chi connectivity index (χ4n) is 3.31. The molecule has 0 saturated carbocycles. The zero-order valence-electron chi connectivity index (χ0n) is 10.2. The van der Waals surface area contributed by atoms with Crippen LogP contribution in [-0.4, -0.2) is 18.3 Å². The van der Waals surface area contributed by atoms with Crippen molar-refractivity contribution in [3.63, 3.8) is 0 Å². The van der Waals surface area contributed by atoms with Crippen molar-refractivity contribution in [2.75, 3.05) is 13.2 Å². The monoisotopic (exact) mass is 232 g/mol. The Morgan fingerprint density at radius 3 is 2.82 bits per heavy atom. The fourth-order valence-corrected chi connectivity index (χ4v) is 3.31. The van der Waals surface area contributed by atoms with Crippen LogP contribution in [0, 0.1) is 5.92 Å². The number of benzene rings is 1. The molecule has 17 heavy (non-hydrogen) atoms. The number of hydrogen-bond donors (Lipinski definition) is 1. The van der Waals surface area contributed by atoms with Gasteiger partial charge in [0.25, 0.3) is 0 Å². The van der Waals surface area contributed by atoms with E-state index in [0.717, 1.165) is 45.3 Å². The van der Waals surface area contributed by atoms with Crippen LogP contribution in [0.4, 0.5) is 0 Å². The van der Waals surface area contributed by atoms with Crippen molar-refractivity contribution in [2.45, 2.75) is 37.7 Å². The van der Waals surface area contributed by atoms with Gasteiger partial charge in [0.2, 0.25) is 0 Å². The van der Waals surface area contributed by atoms with Gasteiger partial charge < -0.3 is 9.84 Å². The SMILES string of the molecule is OC1(CC2CCOCC2)CCc2ccccc21. The predicted molar refractivity (Wildman–Crippen MR) is 66.8 cm³/mol. The van der Waals surface area contributed by atoms with E-state index >= 15 is 0 Å². The molecule has 1 saturated heterocycles. The van der Waals surface area contributed by atoms with Crippen LogP contribution in [-0.2, 0) is 16.8 Å². The third-order valence-corrected chi connectivity index (χ3v) is 4.29. The van der Waals surface area contributed by atoms with Gasteiger partial charge in [-0.25, -0.2) is 0 Å². The zero-order chi connectivity index (χ0) is 11.7. The summed E-state index contributed by atoms with van der Waals surface area (Å²) in [6.45, 7) is 1.73. The lowest BCUT2D eigenvalue weighted by atomic mass is 9.82. The number of aliphatic hydroxyl groups is 1. The third kappa shape index (κ3) is 2.12. The molecule has 1 unspecified atom stereocenters. The Labute approximate surface area is 103 Å². The molecule has 1 heterocycles. The van der Waals surface area contributed by atoms with Crippen LogP contribution in [0.3, 0.4) is 0 Å². The molecule has 2 aliphatic rings. The Balaban J connectivity index is 1.78. The van der Waals surface area contributed by atoms with Crippen LogP contribution in [0.5, 0.6) is 0 Å². The van der Waals surface area contributed by atoms with Crippen molar-refractivity contribution < 1.29 is 9.84 Å². The summed E-state index contributed by atoms with van der Waals surface area (Å²) in [7, 11) is 0. The van der Waals surface area contributed by atoms with Gasteiger partial charge in [0.15, 0.2) is 0 Å². The molecule has 2 nitrogen and oxygen atoms in total. The average Bonchev–Trinajstić information content (AvgIpc) is 2.69. The summed E-state index contributed by atoms with van der Waals surface area (Å²) in [5, 5.41) is 10.9.